The summed E-state index contributed by atoms with van der Waals surface area (Å²) >= 11 is 0. The number of fused-ring (bicyclic) bond motifs is 1. The lowest BCUT2D eigenvalue weighted by atomic mass is 10.0. The first kappa shape index (κ1) is 16.3. The molecule has 0 aromatic heterocycles. The van der Waals surface area contributed by atoms with Crippen LogP contribution < -0.4 is 10.0 Å². The van der Waals surface area contributed by atoms with Crippen molar-refractivity contribution in [2.24, 2.45) is 5.92 Å². The van der Waals surface area contributed by atoms with E-state index in [0.29, 0.717) is 10.8 Å². The number of benzene rings is 1. The lowest BCUT2D eigenvalue weighted by Crippen LogP contribution is -2.33. The second-order valence-electron chi connectivity index (χ2n) is 6.34. The van der Waals surface area contributed by atoms with Gasteiger partial charge in [0.2, 0.25) is 10.0 Å². The van der Waals surface area contributed by atoms with Gasteiger partial charge in [-0.1, -0.05) is 13.8 Å². The van der Waals surface area contributed by atoms with E-state index in [1.807, 2.05) is 13.0 Å². The number of anilines is 1. The third kappa shape index (κ3) is 4.45. The molecule has 0 saturated carbocycles. The largest absolute Gasteiger partial charge is 0.385 e. The number of rotatable bonds is 6. The van der Waals surface area contributed by atoms with Crippen LogP contribution in [0.25, 0.3) is 0 Å². The quantitative estimate of drug-likeness (QED) is 0.848. The molecule has 1 unspecified atom stereocenters. The summed E-state index contributed by atoms with van der Waals surface area (Å²) in [6, 6.07) is 5.33. The van der Waals surface area contributed by atoms with E-state index in [4.69, 9.17) is 0 Å². The number of sulfonamides is 1. The lowest BCUT2D eigenvalue weighted by molar-refractivity contribution is 0.485. The van der Waals surface area contributed by atoms with E-state index in [1.165, 1.54) is 0 Å². The zero-order valence-corrected chi connectivity index (χ0v) is 14.0. The summed E-state index contributed by atoms with van der Waals surface area (Å²) in [5.41, 5.74) is 2.16. The molecule has 1 aliphatic heterocycles. The van der Waals surface area contributed by atoms with Crippen molar-refractivity contribution >= 4 is 15.7 Å². The first-order chi connectivity index (χ1) is 9.88. The van der Waals surface area contributed by atoms with Gasteiger partial charge in [0.1, 0.15) is 0 Å². The molecule has 1 aromatic carbocycles. The summed E-state index contributed by atoms with van der Waals surface area (Å²) in [6.07, 6.45) is 3.88. The smallest absolute Gasteiger partial charge is 0.240 e. The molecular weight excluding hydrogens is 284 g/mol. The highest BCUT2D eigenvalue weighted by Crippen LogP contribution is 2.25. The lowest BCUT2D eigenvalue weighted by Gasteiger charge is -2.20. The second kappa shape index (κ2) is 6.79. The molecule has 0 saturated heterocycles. The van der Waals surface area contributed by atoms with Gasteiger partial charge in [0, 0.05) is 18.3 Å². The van der Waals surface area contributed by atoms with Crippen LogP contribution in [0.15, 0.2) is 23.1 Å². The standard InChI is InChI=1S/C16H26N2O2S/c1-12(2)6-7-13(3)18-21(19,20)15-8-9-16-14(11-15)5-4-10-17-16/h8-9,11-13,17-18H,4-7,10H2,1-3H3. The number of hydrogen-bond acceptors (Lipinski definition) is 3. The van der Waals surface area contributed by atoms with Crippen LogP contribution in [0, 0.1) is 5.92 Å². The molecule has 0 bridgehead atoms. The van der Waals surface area contributed by atoms with Gasteiger partial charge in [-0.15, -0.1) is 0 Å². The fraction of sp³-hybridized carbons (Fsp3) is 0.625. The number of aryl methyl sites for hydroxylation is 1. The van der Waals surface area contributed by atoms with E-state index in [-0.39, 0.29) is 6.04 Å². The van der Waals surface area contributed by atoms with Gasteiger partial charge in [-0.25, -0.2) is 13.1 Å². The first-order valence-electron chi connectivity index (χ1n) is 7.77. The minimum absolute atomic E-state index is 0.0356. The molecule has 2 N–H and O–H groups in total. The maximum atomic E-state index is 12.4. The topological polar surface area (TPSA) is 58.2 Å². The summed E-state index contributed by atoms with van der Waals surface area (Å²) in [7, 11) is -3.42. The van der Waals surface area contributed by atoms with Crippen LogP contribution in [0.1, 0.15) is 45.6 Å². The van der Waals surface area contributed by atoms with Crippen LogP contribution in [-0.2, 0) is 16.4 Å². The van der Waals surface area contributed by atoms with Crippen molar-refractivity contribution in [3.8, 4) is 0 Å². The first-order valence-corrected chi connectivity index (χ1v) is 9.26. The molecule has 1 aliphatic rings. The van der Waals surface area contributed by atoms with E-state index < -0.39 is 10.0 Å². The highest BCUT2D eigenvalue weighted by molar-refractivity contribution is 7.89. The highest BCUT2D eigenvalue weighted by Gasteiger charge is 2.19. The van der Waals surface area contributed by atoms with E-state index >= 15 is 0 Å². The van der Waals surface area contributed by atoms with Crippen LogP contribution in [0.3, 0.4) is 0 Å². The predicted molar refractivity (Wildman–Crippen MR) is 87.1 cm³/mol. The Balaban J connectivity index is 2.08. The van der Waals surface area contributed by atoms with Crippen molar-refractivity contribution in [2.75, 3.05) is 11.9 Å². The third-order valence-electron chi connectivity index (χ3n) is 3.86. The number of hydrogen-bond donors (Lipinski definition) is 2. The fourth-order valence-corrected chi connectivity index (χ4v) is 3.92. The summed E-state index contributed by atoms with van der Waals surface area (Å²) in [5, 5.41) is 3.30. The normalized spacial score (nSPS) is 16.4. The summed E-state index contributed by atoms with van der Waals surface area (Å²) in [6.45, 7) is 7.19. The van der Waals surface area contributed by atoms with Crippen molar-refractivity contribution in [3.63, 3.8) is 0 Å². The summed E-state index contributed by atoms with van der Waals surface area (Å²) in [4.78, 5) is 0.376. The highest BCUT2D eigenvalue weighted by atomic mass is 32.2. The van der Waals surface area contributed by atoms with Crippen molar-refractivity contribution in [1.29, 1.82) is 0 Å². The Morgan fingerprint density at radius 1 is 1.24 bits per heavy atom. The van der Waals surface area contributed by atoms with Crippen molar-refractivity contribution < 1.29 is 8.42 Å². The van der Waals surface area contributed by atoms with Gasteiger partial charge in [-0.3, -0.25) is 0 Å². The van der Waals surface area contributed by atoms with Gasteiger partial charge in [-0.05, 0) is 62.3 Å². The molecule has 0 radical (unpaired) electrons. The number of nitrogens with one attached hydrogen (secondary N) is 2. The van der Waals surface area contributed by atoms with E-state index in [0.717, 1.165) is 43.5 Å². The zero-order chi connectivity index (χ0) is 15.5. The fourth-order valence-electron chi connectivity index (χ4n) is 2.59. The van der Waals surface area contributed by atoms with E-state index in [2.05, 4.69) is 23.9 Å². The van der Waals surface area contributed by atoms with E-state index in [9.17, 15) is 8.42 Å². The molecule has 2 rings (SSSR count). The summed E-state index contributed by atoms with van der Waals surface area (Å²) in [5.74, 6) is 0.590. The molecule has 21 heavy (non-hydrogen) atoms. The van der Waals surface area contributed by atoms with Gasteiger partial charge < -0.3 is 5.32 Å². The van der Waals surface area contributed by atoms with Gasteiger partial charge >= 0.3 is 0 Å². The van der Waals surface area contributed by atoms with Crippen LogP contribution in [-0.4, -0.2) is 21.0 Å². The minimum atomic E-state index is -3.42. The molecule has 1 atom stereocenters. The molecule has 4 nitrogen and oxygen atoms in total. The second-order valence-corrected chi connectivity index (χ2v) is 8.06. The average Bonchev–Trinajstić information content (AvgIpc) is 2.44. The Morgan fingerprint density at radius 2 is 2.00 bits per heavy atom. The predicted octanol–water partition coefficient (Wildman–Crippen LogP) is 3.15. The Hall–Kier alpha value is -1.07. The van der Waals surface area contributed by atoms with E-state index in [1.54, 1.807) is 12.1 Å². The zero-order valence-electron chi connectivity index (χ0n) is 13.1. The van der Waals surface area contributed by atoms with Crippen molar-refractivity contribution in [2.45, 2.75) is 57.4 Å². The van der Waals surface area contributed by atoms with Gasteiger partial charge in [0.25, 0.3) is 0 Å². The molecule has 0 fully saturated rings. The molecule has 1 heterocycles. The van der Waals surface area contributed by atoms with Crippen LogP contribution in [0.5, 0.6) is 0 Å². The maximum absolute atomic E-state index is 12.4. The van der Waals surface area contributed by atoms with Crippen molar-refractivity contribution in [3.05, 3.63) is 23.8 Å². The Bertz CT molecular complexity index is 582. The van der Waals surface area contributed by atoms with Gasteiger partial charge in [0.15, 0.2) is 0 Å². The Labute approximate surface area is 128 Å². The molecule has 0 amide bonds. The third-order valence-corrected chi connectivity index (χ3v) is 5.45. The molecule has 118 valence electrons. The monoisotopic (exact) mass is 310 g/mol. The van der Waals surface area contributed by atoms with Crippen LogP contribution in [0.4, 0.5) is 5.69 Å². The SMILES string of the molecule is CC(C)CCC(C)NS(=O)(=O)c1ccc2c(c1)CCCN2. The van der Waals surface area contributed by atoms with Crippen LogP contribution in [0.2, 0.25) is 0 Å². The maximum Gasteiger partial charge on any atom is 0.240 e. The summed E-state index contributed by atoms with van der Waals surface area (Å²) < 4.78 is 27.7. The Kier molecular flexibility index (Phi) is 5.27. The molecule has 0 aliphatic carbocycles. The van der Waals surface area contributed by atoms with Gasteiger partial charge in [0.05, 0.1) is 4.90 Å². The van der Waals surface area contributed by atoms with Crippen LogP contribution >= 0.6 is 0 Å². The Morgan fingerprint density at radius 3 is 2.71 bits per heavy atom. The molecule has 0 spiro atoms. The average molecular weight is 310 g/mol. The van der Waals surface area contributed by atoms with Crippen molar-refractivity contribution in [1.82, 2.24) is 4.72 Å². The molecule has 1 aromatic rings. The van der Waals surface area contributed by atoms with Gasteiger partial charge in [-0.2, -0.15) is 0 Å². The minimum Gasteiger partial charge on any atom is -0.385 e. The molecular formula is C16H26N2O2S. The molecule has 5 heteroatoms.